The summed E-state index contributed by atoms with van der Waals surface area (Å²) in [5, 5.41) is 0. The maximum atomic E-state index is 12.4. The van der Waals surface area contributed by atoms with E-state index in [2.05, 4.69) is 17.6 Å². The first-order valence-electron chi connectivity index (χ1n) is 7.41. The molecular weight excluding hydrogens is 289 g/mol. The van der Waals surface area contributed by atoms with Crippen LogP contribution >= 0.6 is 0 Å². The summed E-state index contributed by atoms with van der Waals surface area (Å²) >= 11 is 0. The molecule has 0 saturated carbocycles. The molecule has 1 heterocycles. The van der Waals surface area contributed by atoms with Crippen molar-refractivity contribution in [3.05, 3.63) is 84.6 Å². The molecule has 0 N–H and O–H groups in total. The molecule has 118 valence electrons. The highest BCUT2D eigenvalue weighted by atomic mass is 19.1. The molecule has 23 heavy (non-hydrogen) atoms. The quantitative estimate of drug-likeness (QED) is 0.676. The Balaban J connectivity index is 2.37. The fraction of sp³-hybridized carbons (Fsp3) is 0.150. The lowest BCUT2D eigenvalue weighted by molar-refractivity contribution is 0.393. The lowest BCUT2D eigenvalue weighted by Gasteiger charge is -2.10. The van der Waals surface area contributed by atoms with Crippen LogP contribution < -0.4 is 4.74 Å². The molecule has 0 aliphatic heterocycles. The minimum absolute atomic E-state index is 0.492. The number of ether oxygens (including phenoxy) is 1. The highest BCUT2D eigenvalue weighted by molar-refractivity contribution is 5.64. The SMILES string of the molecule is C=C/C=C(\C=C/CF)Cc1cc(-c2ccccc2)cnc1OC. The average molecular weight is 309 g/mol. The third-order valence-electron chi connectivity index (χ3n) is 3.37. The Hall–Kier alpha value is -2.68. The van der Waals surface area contributed by atoms with Crippen molar-refractivity contribution in [3.8, 4) is 17.0 Å². The first kappa shape index (κ1) is 16.7. The molecule has 3 heteroatoms. The van der Waals surface area contributed by atoms with E-state index in [-0.39, 0.29) is 0 Å². The predicted molar refractivity (Wildman–Crippen MR) is 93.3 cm³/mol. The van der Waals surface area contributed by atoms with E-state index in [1.165, 1.54) is 6.08 Å². The third-order valence-corrected chi connectivity index (χ3v) is 3.37. The Labute approximate surface area is 136 Å². The molecular formula is C20H20FNO. The average Bonchev–Trinajstić information content (AvgIpc) is 2.60. The van der Waals surface area contributed by atoms with Crippen molar-refractivity contribution < 1.29 is 9.13 Å². The van der Waals surface area contributed by atoms with Crippen LogP contribution in [0.25, 0.3) is 11.1 Å². The topological polar surface area (TPSA) is 22.1 Å². The third kappa shape index (κ3) is 4.65. The Morgan fingerprint density at radius 3 is 2.70 bits per heavy atom. The molecule has 0 amide bonds. The number of halogens is 1. The highest BCUT2D eigenvalue weighted by Gasteiger charge is 2.09. The van der Waals surface area contributed by atoms with Gasteiger partial charge in [-0.25, -0.2) is 9.37 Å². The van der Waals surface area contributed by atoms with Gasteiger partial charge in [-0.05, 0) is 17.2 Å². The zero-order chi connectivity index (χ0) is 16.5. The fourth-order valence-corrected chi connectivity index (χ4v) is 2.34. The second-order valence-electron chi connectivity index (χ2n) is 4.97. The van der Waals surface area contributed by atoms with Crippen molar-refractivity contribution in [2.45, 2.75) is 6.42 Å². The molecule has 0 aliphatic carbocycles. The molecule has 2 nitrogen and oxygen atoms in total. The smallest absolute Gasteiger partial charge is 0.216 e. The van der Waals surface area contributed by atoms with Crippen molar-refractivity contribution >= 4 is 0 Å². The molecule has 2 rings (SSSR count). The second-order valence-corrected chi connectivity index (χ2v) is 4.97. The largest absolute Gasteiger partial charge is 0.481 e. The normalized spacial score (nSPS) is 11.7. The second kappa shape index (κ2) is 8.69. The molecule has 0 radical (unpaired) electrons. The molecule has 1 aromatic heterocycles. The van der Waals surface area contributed by atoms with E-state index in [4.69, 9.17) is 4.74 Å². The monoisotopic (exact) mass is 309 g/mol. The Morgan fingerprint density at radius 2 is 2.04 bits per heavy atom. The first-order valence-corrected chi connectivity index (χ1v) is 7.41. The maximum absolute atomic E-state index is 12.4. The van der Waals surface area contributed by atoms with Gasteiger partial charge in [0.2, 0.25) is 5.88 Å². The van der Waals surface area contributed by atoms with Crippen molar-refractivity contribution in [2.24, 2.45) is 0 Å². The first-order chi connectivity index (χ1) is 11.3. The van der Waals surface area contributed by atoms with E-state index < -0.39 is 6.67 Å². The summed E-state index contributed by atoms with van der Waals surface area (Å²) in [5.41, 5.74) is 4.01. The van der Waals surface area contributed by atoms with Gasteiger partial charge in [-0.3, -0.25) is 0 Å². The minimum Gasteiger partial charge on any atom is -0.481 e. The van der Waals surface area contributed by atoms with Crippen molar-refractivity contribution in [2.75, 3.05) is 13.8 Å². The fourth-order valence-electron chi connectivity index (χ4n) is 2.34. The number of alkyl halides is 1. The van der Waals surface area contributed by atoms with Gasteiger partial charge in [-0.15, -0.1) is 0 Å². The summed E-state index contributed by atoms with van der Waals surface area (Å²) in [5.74, 6) is 0.577. The van der Waals surface area contributed by atoms with Crippen LogP contribution in [0, 0.1) is 0 Å². The molecule has 0 fully saturated rings. The van der Waals surface area contributed by atoms with Gasteiger partial charge in [-0.1, -0.05) is 61.2 Å². The van der Waals surface area contributed by atoms with E-state index in [0.29, 0.717) is 12.3 Å². The Kier molecular flexibility index (Phi) is 6.30. The van der Waals surface area contributed by atoms with Gasteiger partial charge in [0.1, 0.15) is 6.67 Å². The number of aromatic nitrogens is 1. The Morgan fingerprint density at radius 1 is 1.26 bits per heavy atom. The maximum Gasteiger partial charge on any atom is 0.216 e. The number of benzene rings is 1. The van der Waals surface area contributed by atoms with Gasteiger partial charge in [0.25, 0.3) is 0 Å². The summed E-state index contributed by atoms with van der Waals surface area (Å²) in [6.07, 6.45) is 9.19. The number of hydrogen-bond donors (Lipinski definition) is 0. The summed E-state index contributed by atoms with van der Waals surface area (Å²) in [4.78, 5) is 4.39. The number of rotatable bonds is 7. The van der Waals surface area contributed by atoms with E-state index in [1.54, 1.807) is 25.5 Å². The number of hydrogen-bond acceptors (Lipinski definition) is 2. The number of methoxy groups -OCH3 is 1. The minimum atomic E-state index is -0.492. The van der Waals surface area contributed by atoms with Gasteiger partial charge < -0.3 is 4.74 Å². The van der Waals surface area contributed by atoms with Gasteiger partial charge in [-0.2, -0.15) is 0 Å². The van der Waals surface area contributed by atoms with Gasteiger partial charge in [0.05, 0.1) is 7.11 Å². The van der Waals surface area contributed by atoms with Gasteiger partial charge in [0.15, 0.2) is 0 Å². The van der Waals surface area contributed by atoms with Crippen LogP contribution in [0.4, 0.5) is 4.39 Å². The van der Waals surface area contributed by atoms with E-state index >= 15 is 0 Å². The van der Waals surface area contributed by atoms with Crippen LogP contribution in [0.1, 0.15) is 5.56 Å². The van der Waals surface area contributed by atoms with Crippen LogP contribution in [0.3, 0.4) is 0 Å². The zero-order valence-corrected chi connectivity index (χ0v) is 13.2. The van der Waals surface area contributed by atoms with Gasteiger partial charge >= 0.3 is 0 Å². The van der Waals surface area contributed by atoms with Crippen molar-refractivity contribution in [1.82, 2.24) is 4.98 Å². The van der Waals surface area contributed by atoms with Crippen LogP contribution in [-0.4, -0.2) is 18.8 Å². The highest BCUT2D eigenvalue weighted by Crippen LogP contribution is 2.26. The molecule has 0 aliphatic rings. The van der Waals surface area contributed by atoms with E-state index in [0.717, 1.165) is 22.3 Å². The van der Waals surface area contributed by atoms with E-state index in [1.807, 2.05) is 36.4 Å². The Bertz CT molecular complexity index is 705. The van der Waals surface area contributed by atoms with Crippen molar-refractivity contribution in [3.63, 3.8) is 0 Å². The molecule has 0 unspecified atom stereocenters. The standard InChI is InChI=1S/C20H20FNO/c1-3-8-16(9-7-12-21)13-18-14-19(15-22-20(18)23-2)17-10-5-4-6-11-17/h3-11,14-15H,1,12-13H2,2H3/b9-7-,16-8+. The van der Waals surface area contributed by atoms with Crippen LogP contribution in [-0.2, 0) is 6.42 Å². The summed E-state index contributed by atoms with van der Waals surface area (Å²) < 4.78 is 17.7. The summed E-state index contributed by atoms with van der Waals surface area (Å²) in [6.45, 7) is 3.21. The predicted octanol–water partition coefficient (Wildman–Crippen LogP) is 4.94. The molecule has 0 saturated heterocycles. The molecule has 1 aromatic carbocycles. The molecule has 0 bridgehead atoms. The zero-order valence-electron chi connectivity index (χ0n) is 13.2. The van der Waals surface area contributed by atoms with E-state index in [9.17, 15) is 4.39 Å². The van der Waals surface area contributed by atoms with Gasteiger partial charge in [0, 0.05) is 23.7 Å². The summed E-state index contributed by atoms with van der Waals surface area (Å²) in [6, 6.07) is 12.1. The van der Waals surface area contributed by atoms with Crippen LogP contribution in [0.15, 0.2) is 79.1 Å². The number of pyridine rings is 1. The summed E-state index contributed by atoms with van der Waals surface area (Å²) in [7, 11) is 1.60. The lowest BCUT2D eigenvalue weighted by Crippen LogP contribution is -1.98. The van der Waals surface area contributed by atoms with Crippen LogP contribution in [0.5, 0.6) is 5.88 Å². The lowest BCUT2D eigenvalue weighted by atomic mass is 10.0. The molecule has 2 aromatic rings. The van der Waals surface area contributed by atoms with Crippen molar-refractivity contribution in [1.29, 1.82) is 0 Å². The number of nitrogens with zero attached hydrogens (tertiary/aromatic N) is 1. The van der Waals surface area contributed by atoms with Crippen LogP contribution in [0.2, 0.25) is 0 Å². The number of allylic oxidation sites excluding steroid dienone is 5. The molecule has 0 spiro atoms. The molecule has 0 atom stereocenters.